The first-order valence-corrected chi connectivity index (χ1v) is 5.02. The summed E-state index contributed by atoms with van der Waals surface area (Å²) in [4.78, 5) is 15.4. The van der Waals surface area contributed by atoms with Gasteiger partial charge in [0.05, 0.1) is 6.61 Å². The normalized spacial score (nSPS) is 14.5. The van der Waals surface area contributed by atoms with Gasteiger partial charge in [-0.1, -0.05) is 0 Å². The molecular weight excluding hydrogens is 196 g/mol. The highest BCUT2D eigenvalue weighted by atomic mass is 31.2. The average Bonchev–Trinajstić information content (AvgIpc) is 1.85. The molecule has 9 heteroatoms. The van der Waals surface area contributed by atoms with Crippen LogP contribution in [0.2, 0.25) is 0 Å². The van der Waals surface area contributed by atoms with Crippen molar-refractivity contribution in [3.63, 3.8) is 0 Å². The first kappa shape index (κ1) is 13.8. The minimum absolute atomic E-state index is 0.0972. The Morgan fingerprint density at radius 2 is 1.55 bits per heavy atom. The Labute approximate surface area is 64.7 Å². The Morgan fingerprint density at radius 1 is 1.27 bits per heavy atom. The minimum Gasteiger partial charge on any atom is -0.395 e. The lowest BCUT2D eigenvalue weighted by Crippen LogP contribution is -2.02. The van der Waals surface area contributed by atoms with Gasteiger partial charge in [0.2, 0.25) is 0 Å². The van der Waals surface area contributed by atoms with Gasteiger partial charge in [-0.05, 0) is 0 Å². The molecule has 0 heterocycles. The molecule has 0 spiro atoms. The van der Waals surface area contributed by atoms with Crippen LogP contribution in [0.5, 0.6) is 0 Å². The van der Waals surface area contributed by atoms with E-state index in [1.54, 1.807) is 0 Å². The Morgan fingerprint density at radius 3 is 1.55 bits per heavy atom. The SMILES string of the molecule is NCCO.O=[PH](O)O[PH](=O)O. The minimum atomic E-state index is -3.20. The third-order valence-corrected chi connectivity index (χ3v) is 1.70. The summed E-state index contributed by atoms with van der Waals surface area (Å²) in [6, 6.07) is 0. The molecule has 0 amide bonds. The Bertz CT molecular complexity index is 114. The van der Waals surface area contributed by atoms with E-state index in [1.165, 1.54) is 0 Å². The van der Waals surface area contributed by atoms with Crippen molar-refractivity contribution in [2.24, 2.45) is 5.73 Å². The van der Waals surface area contributed by atoms with Gasteiger partial charge >= 0.3 is 16.5 Å². The van der Waals surface area contributed by atoms with Crippen molar-refractivity contribution in [3.05, 3.63) is 0 Å². The second kappa shape index (κ2) is 10.3. The number of aliphatic hydroxyl groups is 1. The van der Waals surface area contributed by atoms with Crippen LogP contribution in [0.4, 0.5) is 0 Å². The molecule has 0 aromatic carbocycles. The van der Waals surface area contributed by atoms with E-state index in [0.717, 1.165) is 0 Å². The lowest BCUT2D eigenvalue weighted by atomic mass is 10.8. The molecule has 0 fully saturated rings. The van der Waals surface area contributed by atoms with E-state index < -0.39 is 16.5 Å². The predicted octanol–water partition coefficient (Wildman–Crippen LogP) is -1.30. The van der Waals surface area contributed by atoms with Crippen molar-refractivity contribution < 1.29 is 28.3 Å². The van der Waals surface area contributed by atoms with Gasteiger partial charge in [-0.2, -0.15) is 0 Å². The first-order valence-electron chi connectivity index (χ1n) is 2.49. The van der Waals surface area contributed by atoms with Crippen molar-refractivity contribution >= 4 is 16.5 Å². The zero-order valence-electron chi connectivity index (χ0n) is 5.56. The lowest BCUT2D eigenvalue weighted by Gasteiger charge is -1.86. The van der Waals surface area contributed by atoms with Gasteiger partial charge in [-0.3, -0.25) is 9.13 Å². The van der Waals surface area contributed by atoms with E-state index in [9.17, 15) is 9.13 Å². The molecule has 0 saturated heterocycles. The van der Waals surface area contributed by atoms with Gasteiger partial charge in [0.1, 0.15) is 0 Å². The van der Waals surface area contributed by atoms with Crippen LogP contribution in [0.3, 0.4) is 0 Å². The Kier molecular flexibility index (Phi) is 12.9. The molecule has 0 aromatic rings. The van der Waals surface area contributed by atoms with Gasteiger partial charge in [0.25, 0.3) is 0 Å². The number of nitrogens with two attached hydrogens (primary N) is 1. The van der Waals surface area contributed by atoms with Crippen LogP contribution >= 0.6 is 16.5 Å². The highest BCUT2D eigenvalue weighted by molar-refractivity contribution is 7.46. The quantitative estimate of drug-likeness (QED) is 0.423. The molecule has 0 aliphatic heterocycles. The summed E-state index contributed by atoms with van der Waals surface area (Å²) < 4.78 is 22.3. The second-order valence-corrected chi connectivity index (χ2v) is 3.03. The van der Waals surface area contributed by atoms with Crippen LogP contribution in [0.15, 0.2) is 0 Å². The highest BCUT2D eigenvalue weighted by Gasteiger charge is 1.93. The standard InChI is InChI=1S/C2H7NO.H4O5P2/c3-1-2-4;1-6(2)5-7(3)4/h4H,1-3H2;6-7H,(H,1,2)(H,3,4). The van der Waals surface area contributed by atoms with E-state index in [2.05, 4.69) is 4.31 Å². The smallest absolute Gasteiger partial charge is 0.323 e. The van der Waals surface area contributed by atoms with Gasteiger partial charge < -0.3 is 20.6 Å². The molecule has 70 valence electrons. The fraction of sp³-hybridized carbons (Fsp3) is 1.00. The van der Waals surface area contributed by atoms with Crippen molar-refractivity contribution in [1.82, 2.24) is 0 Å². The molecule has 2 unspecified atom stereocenters. The summed E-state index contributed by atoms with van der Waals surface area (Å²) in [5.74, 6) is 0. The summed E-state index contributed by atoms with van der Waals surface area (Å²) in [5, 5.41) is 7.75. The number of hydrogen-bond donors (Lipinski definition) is 4. The third kappa shape index (κ3) is 25.3. The van der Waals surface area contributed by atoms with Crippen LogP contribution in [0.1, 0.15) is 0 Å². The molecule has 5 N–H and O–H groups in total. The summed E-state index contributed by atoms with van der Waals surface area (Å²) in [5.41, 5.74) is 4.78. The van der Waals surface area contributed by atoms with Crippen LogP contribution in [0.25, 0.3) is 0 Å². The number of aliphatic hydroxyl groups excluding tert-OH is 1. The third-order valence-electron chi connectivity index (χ3n) is 0.304. The maximum atomic E-state index is 9.44. The largest absolute Gasteiger partial charge is 0.395 e. The fourth-order valence-corrected chi connectivity index (χ4v) is 0.672. The van der Waals surface area contributed by atoms with Crippen LogP contribution in [-0.2, 0) is 13.4 Å². The number of hydrogen-bond acceptors (Lipinski definition) is 5. The molecule has 7 nitrogen and oxygen atoms in total. The monoisotopic (exact) mass is 207 g/mol. The van der Waals surface area contributed by atoms with Gasteiger partial charge in [-0.25, -0.2) is 4.31 Å². The van der Waals surface area contributed by atoms with Crippen molar-refractivity contribution in [3.8, 4) is 0 Å². The summed E-state index contributed by atoms with van der Waals surface area (Å²) >= 11 is 0. The van der Waals surface area contributed by atoms with E-state index in [4.69, 9.17) is 20.6 Å². The first-order chi connectivity index (χ1) is 5.04. The zero-order valence-corrected chi connectivity index (χ0v) is 7.56. The van der Waals surface area contributed by atoms with Gasteiger partial charge in [0, 0.05) is 6.54 Å². The number of rotatable bonds is 3. The molecule has 0 aliphatic carbocycles. The molecule has 11 heavy (non-hydrogen) atoms. The lowest BCUT2D eigenvalue weighted by molar-refractivity contribution is 0.306. The van der Waals surface area contributed by atoms with Gasteiger partial charge in [0.15, 0.2) is 0 Å². The van der Waals surface area contributed by atoms with E-state index >= 15 is 0 Å². The summed E-state index contributed by atoms with van der Waals surface area (Å²) in [7, 11) is -6.40. The topological polar surface area (TPSA) is 130 Å². The maximum absolute atomic E-state index is 9.44. The van der Waals surface area contributed by atoms with Crippen molar-refractivity contribution in [2.75, 3.05) is 13.2 Å². The molecule has 0 rings (SSSR count). The van der Waals surface area contributed by atoms with Crippen molar-refractivity contribution in [1.29, 1.82) is 0 Å². The van der Waals surface area contributed by atoms with E-state index in [1.807, 2.05) is 0 Å². The maximum Gasteiger partial charge on any atom is 0.323 e. The molecular formula is C2H11NO6P2. The molecule has 0 aromatic heterocycles. The summed E-state index contributed by atoms with van der Waals surface area (Å²) in [6.45, 7) is 0.472. The average molecular weight is 207 g/mol. The van der Waals surface area contributed by atoms with Crippen LogP contribution in [-0.4, -0.2) is 28.0 Å². The molecule has 0 bridgehead atoms. The zero-order chi connectivity index (χ0) is 9.28. The van der Waals surface area contributed by atoms with Crippen LogP contribution in [0, 0.1) is 0 Å². The molecule has 0 saturated carbocycles. The van der Waals surface area contributed by atoms with E-state index in [0.29, 0.717) is 6.54 Å². The Balaban J connectivity index is 0. The predicted molar refractivity (Wildman–Crippen MR) is 39.7 cm³/mol. The molecule has 0 radical (unpaired) electrons. The molecule has 0 aliphatic rings. The van der Waals surface area contributed by atoms with E-state index in [-0.39, 0.29) is 6.61 Å². The summed E-state index contributed by atoms with van der Waals surface area (Å²) in [6.07, 6.45) is 0. The second-order valence-electron chi connectivity index (χ2n) is 1.15. The van der Waals surface area contributed by atoms with Crippen molar-refractivity contribution in [2.45, 2.75) is 0 Å². The fourth-order valence-electron chi connectivity index (χ4n) is 0.0747. The van der Waals surface area contributed by atoms with Gasteiger partial charge in [-0.15, -0.1) is 0 Å². The molecule has 2 atom stereocenters. The van der Waals surface area contributed by atoms with Crippen LogP contribution < -0.4 is 5.73 Å². The highest BCUT2D eigenvalue weighted by Crippen LogP contribution is 2.30. The Hall–Kier alpha value is 0.260.